The van der Waals surface area contributed by atoms with Crippen molar-refractivity contribution in [2.24, 2.45) is 5.92 Å². The summed E-state index contributed by atoms with van der Waals surface area (Å²) in [6, 6.07) is 5.27. The third kappa shape index (κ3) is 10.9. The lowest BCUT2D eigenvalue weighted by molar-refractivity contribution is -0.143. The van der Waals surface area contributed by atoms with Crippen molar-refractivity contribution in [2.75, 3.05) is 27.2 Å². The van der Waals surface area contributed by atoms with Gasteiger partial charge >= 0.3 is 18.0 Å². The van der Waals surface area contributed by atoms with Crippen LogP contribution in [0, 0.1) is 5.92 Å². The molecule has 3 N–H and O–H groups in total. The minimum Gasteiger partial charge on any atom is -0.480 e. The molecule has 0 radical (unpaired) electrons. The van der Waals surface area contributed by atoms with Crippen LogP contribution < -0.4 is 15.4 Å². The monoisotopic (exact) mass is 587 g/mol. The molecule has 0 aromatic heterocycles. The van der Waals surface area contributed by atoms with Crippen LogP contribution in [0.4, 0.5) is 4.79 Å². The molecule has 2 rings (SSSR count). The smallest absolute Gasteiger partial charge is 0.407 e. The molecule has 1 aliphatic rings. The Kier molecular flexibility index (Phi) is 16.2. The Morgan fingerprint density at radius 3 is 2.41 bits per heavy atom. The van der Waals surface area contributed by atoms with E-state index in [1.807, 2.05) is 12.1 Å². The molecule has 10 nitrogen and oxygen atoms in total. The Balaban J connectivity index is 0.00000722. The van der Waals surface area contributed by atoms with Crippen LogP contribution in [-0.2, 0) is 24.5 Å². The molecule has 12 heteroatoms. The fraction of sp³-hybridized carbons (Fsp3) is 0.630. The van der Waals surface area contributed by atoms with Crippen molar-refractivity contribution in [3.8, 4) is 5.75 Å². The Bertz CT molecular complexity index is 963. The molecule has 1 saturated heterocycles. The van der Waals surface area contributed by atoms with E-state index in [1.165, 1.54) is 7.11 Å². The topological polar surface area (TPSA) is 134 Å². The maximum atomic E-state index is 13.0. The van der Waals surface area contributed by atoms with Gasteiger partial charge in [0.25, 0.3) is 0 Å². The third-order valence-corrected chi connectivity index (χ3v) is 7.03. The van der Waals surface area contributed by atoms with Gasteiger partial charge in [-0.1, -0.05) is 39.3 Å². The highest BCUT2D eigenvalue weighted by atomic mass is 32.1. The van der Waals surface area contributed by atoms with E-state index in [0.29, 0.717) is 5.75 Å². The fourth-order valence-electron chi connectivity index (χ4n) is 4.81. The zero-order valence-electron chi connectivity index (χ0n) is 23.5. The highest BCUT2D eigenvalue weighted by Gasteiger charge is 2.34. The first-order valence-corrected chi connectivity index (χ1v) is 12.9. The van der Waals surface area contributed by atoms with Crippen LogP contribution in [0.5, 0.6) is 5.75 Å². The van der Waals surface area contributed by atoms with Crippen LogP contribution in [-0.4, -0.2) is 73.3 Å². The largest absolute Gasteiger partial charge is 0.480 e. The quantitative estimate of drug-likeness (QED) is 0.265. The van der Waals surface area contributed by atoms with Gasteiger partial charge in [-0.05, 0) is 62.9 Å². The van der Waals surface area contributed by atoms with Crippen LogP contribution in [0.15, 0.2) is 24.3 Å². The van der Waals surface area contributed by atoms with Crippen LogP contribution in [0.3, 0.4) is 0 Å². The number of esters is 1. The summed E-state index contributed by atoms with van der Waals surface area (Å²) in [5.41, 5.74) is 1.05. The summed E-state index contributed by atoms with van der Waals surface area (Å²) in [6.45, 7) is 7.50. The van der Waals surface area contributed by atoms with Gasteiger partial charge in [0.2, 0.25) is 5.91 Å². The molecule has 0 bridgehead atoms. The number of methoxy groups -OCH3 is 1. The number of carbonyl (C=O) groups excluding carboxylic acids is 3. The molecule has 1 fully saturated rings. The van der Waals surface area contributed by atoms with Crippen LogP contribution in [0.25, 0.3) is 0 Å². The second kappa shape index (κ2) is 17.3. The molecule has 1 heterocycles. The molecule has 0 aliphatic carbocycles. The van der Waals surface area contributed by atoms with Crippen LogP contribution >= 0.6 is 27.0 Å². The molecule has 2 amide bonds. The van der Waals surface area contributed by atoms with E-state index in [4.69, 9.17) is 4.74 Å². The number of alkyl carbamates (subject to hydrolysis) is 1. The van der Waals surface area contributed by atoms with E-state index >= 15 is 0 Å². The minimum absolute atomic E-state index is 0. The molecular weight excluding hydrogens is 542 g/mol. The van der Waals surface area contributed by atoms with Gasteiger partial charge < -0.3 is 30.1 Å². The Hall–Kier alpha value is -2.44. The maximum Gasteiger partial charge on any atom is 0.407 e. The van der Waals surface area contributed by atoms with Crippen molar-refractivity contribution < 1.29 is 33.8 Å². The number of hydrogen-bond donors (Lipinski definition) is 3. The molecule has 1 aliphatic heterocycles. The van der Waals surface area contributed by atoms with Crippen LogP contribution in [0.2, 0.25) is 0 Å². The summed E-state index contributed by atoms with van der Waals surface area (Å²) in [4.78, 5) is 51.0. The number of carbonyl (C=O) groups is 4. The summed E-state index contributed by atoms with van der Waals surface area (Å²) in [6.07, 6.45) is 3.14. The molecule has 0 spiro atoms. The lowest BCUT2D eigenvalue weighted by Gasteiger charge is -2.35. The molecule has 1 aromatic rings. The number of likely N-dealkylation sites (N-methyl/N-ethyl adjacent to an activating group) is 1. The predicted molar refractivity (Wildman–Crippen MR) is 159 cm³/mol. The van der Waals surface area contributed by atoms with Gasteiger partial charge in [-0.25, -0.2) is 14.4 Å². The second-order valence-electron chi connectivity index (χ2n) is 10.1. The molecule has 3 atom stereocenters. The van der Waals surface area contributed by atoms with Crippen molar-refractivity contribution >= 4 is 50.9 Å². The normalized spacial score (nSPS) is 18.8. The van der Waals surface area contributed by atoms with Gasteiger partial charge in [0, 0.05) is 18.4 Å². The van der Waals surface area contributed by atoms with E-state index in [1.54, 1.807) is 19.9 Å². The van der Waals surface area contributed by atoms with E-state index in [0.717, 1.165) is 44.3 Å². The summed E-state index contributed by atoms with van der Waals surface area (Å²) in [5, 5.41) is 14.2. The number of nitrogens with zero attached hydrogens (tertiary/aromatic N) is 1. The fourth-order valence-corrected chi connectivity index (χ4v) is 4.81. The maximum absolute atomic E-state index is 13.0. The average molecular weight is 588 g/mol. The van der Waals surface area contributed by atoms with Crippen molar-refractivity contribution in [3.05, 3.63) is 29.8 Å². The average Bonchev–Trinajstić information content (AvgIpc) is 3.06. The number of aliphatic carboxylic acids is 1. The van der Waals surface area contributed by atoms with Gasteiger partial charge in [0.05, 0.1) is 7.11 Å². The number of carboxylic acid groups (broad SMARTS) is 1. The van der Waals surface area contributed by atoms with Gasteiger partial charge in [0.1, 0.15) is 17.8 Å². The second-order valence-corrected chi connectivity index (χ2v) is 10.1. The minimum atomic E-state index is -1.16. The molecule has 1 aromatic carbocycles. The van der Waals surface area contributed by atoms with Crippen LogP contribution in [0.1, 0.15) is 64.9 Å². The molecule has 0 saturated carbocycles. The zero-order chi connectivity index (χ0) is 27.6. The molecular formula is C27H45N3O7S2. The van der Waals surface area contributed by atoms with E-state index in [2.05, 4.69) is 40.3 Å². The Labute approximate surface area is 245 Å². The summed E-state index contributed by atoms with van der Waals surface area (Å²) in [5.74, 6) is -2.39. The third-order valence-electron chi connectivity index (χ3n) is 7.03. The Morgan fingerprint density at radius 2 is 1.82 bits per heavy atom. The molecule has 222 valence electrons. The van der Waals surface area contributed by atoms with E-state index < -0.39 is 36.0 Å². The predicted octanol–water partition coefficient (Wildman–Crippen LogP) is 3.31. The highest BCUT2D eigenvalue weighted by molar-refractivity contribution is 7.59. The van der Waals surface area contributed by atoms with E-state index in [9.17, 15) is 24.3 Å². The number of hydrogen-bond acceptors (Lipinski definition) is 7. The Morgan fingerprint density at radius 1 is 1.13 bits per heavy atom. The summed E-state index contributed by atoms with van der Waals surface area (Å²) >= 11 is 0. The summed E-state index contributed by atoms with van der Waals surface area (Å²) < 4.78 is 10.3. The standard InChI is InChI=1S/C27H41N3O7.2H2S/c1-6-27(14-7-8-15-30(4)17-27)19-10-9-11-20(16-19)37-25(34)21(28-26(35)36-5)12-13-22(31)29-23(18(2)3)24(32)33;;/h9-11,16,18,21,23H,6-8,12-15,17H2,1-5H3,(H,28,35)(H,29,31)(H,32,33);2*1H2/t21-,23-,27?;;/m0../s1. The molecule has 39 heavy (non-hydrogen) atoms. The number of benzene rings is 1. The SMILES string of the molecule is CCC1(c2cccc(OC(=O)[C@H](CCC(=O)N[C@H](C(=O)O)C(C)C)NC(=O)OC)c2)CCCCN(C)C1.S.S. The van der Waals surface area contributed by atoms with E-state index in [-0.39, 0.29) is 51.2 Å². The van der Waals surface area contributed by atoms with Gasteiger partial charge in [-0.15, -0.1) is 0 Å². The lowest BCUT2D eigenvalue weighted by Crippen LogP contribution is -2.46. The van der Waals surface area contributed by atoms with Crippen molar-refractivity contribution in [1.82, 2.24) is 15.5 Å². The van der Waals surface area contributed by atoms with Gasteiger partial charge in [0.15, 0.2) is 0 Å². The first-order valence-electron chi connectivity index (χ1n) is 12.9. The van der Waals surface area contributed by atoms with Crippen molar-refractivity contribution in [3.63, 3.8) is 0 Å². The number of amides is 2. The summed E-state index contributed by atoms with van der Waals surface area (Å²) in [7, 11) is 3.29. The first kappa shape index (κ1) is 36.6. The highest BCUT2D eigenvalue weighted by Crippen LogP contribution is 2.37. The van der Waals surface area contributed by atoms with Crippen molar-refractivity contribution in [2.45, 2.75) is 76.8 Å². The lowest BCUT2D eigenvalue weighted by atomic mass is 9.74. The number of likely N-dealkylation sites (tertiary alicyclic amines) is 1. The van der Waals surface area contributed by atoms with Crippen molar-refractivity contribution in [1.29, 1.82) is 0 Å². The van der Waals surface area contributed by atoms with Gasteiger partial charge in [-0.3, -0.25) is 4.79 Å². The molecule has 1 unspecified atom stereocenters. The number of ether oxygens (including phenoxy) is 2. The zero-order valence-corrected chi connectivity index (χ0v) is 25.5. The van der Waals surface area contributed by atoms with Gasteiger partial charge in [-0.2, -0.15) is 27.0 Å². The first-order chi connectivity index (χ1) is 17.5. The number of rotatable bonds is 11. The number of carboxylic acids is 1. The number of nitrogens with one attached hydrogen (secondary N) is 2.